The molecular weight excluding hydrogens is 848 g/mol. The van der Waals surface area contributed by atoms with E-state index in [4.69, 9.17) is 23.6 Å². The predicted octanol–water partition coefficient (Wildman–Crippen LogP) is 16.5. The van der Waals surface area contributed by atoms with Gasteiger partial charge in [-0.1, -0.05) is 223 Å². The van der Waals surface area contributed by atoms with Crippen molar-refractivity contribution in [1.82, 2.24) is 0 Å². The number of phosphoric ester groups is 1. The minimum Gasteiger partial charge on any atom is -0.457 e. The third kappa shape index (κ3) is 51.8. The Hall–Kier alpha value is -1.58. The first kappa shape index (κ1) is 64.4. The van der Waals surface area contributed by atoms with Gasteiger partial charge in [0.15, 0.2) is 0 Å². The number of hydrogen-bond donors (Lipinski definition) is 3. The topological polar surface area (TPSA) is 132 Å². The molecule has 0 fully saturated rings. The Morgan fingerprint density at radius 2 is 0.818 bits per heavy atom. The lowest BCUT2D eigenvalue weighted by Crippen LogP contribution is -2.29. The Morgan fingerprint density at radius 1 is 0.470 bits per heavy atom. The fraction of sp³-hybridized carbons (Fsp3) is 0.839. The molecule has 0 aromatic rings. The molecule has 0 bridgehead atoms. The molecule has 0 aromatic carbocycles. The summed E-state index contributed by atoms with van der Waals surface area (Å²) in [6.07, 6.45) is 62.2. The molecule has 9 nitrogen and oxygen atoms in total. The van der Waals surface area contributed by atoms with Crippen LogP contribution in [0.3, 0.4) is 0 Å². The summed E-state index contributed by atoms with van der Waals surface area (Å²) in [5.74, 6) is -0.383. The second kappa shape index (κ2) is 52.8. The molecule has 0 radical (unpaired) electrons. The van der Waals surface area contributed by atoms with Crippen LogP contribution in [0.1, 0.15) is 258 Å². The largest absolute Gasteiger partial charge is 0.472 e. The number of hydrogen-bond acceptors (Lipinski definition) is 8. The maximum absolute atomic E-state index is 12.7. The summed E-state index contributed by atoms with van der Waals surface area (Å²) >= 11 is 0. The zero-order valence-electron chi connectivity index (χ0n) is 42.9. The van der Waals surface area contributed by atoms with E-state index < -0.39 is 33.2 Å². The van der Waals surface area contributed by atoms with Crippen molar-refractivity contribution < 1.29 is 43.0 Å². The summed E-state index contributed by atoms with van der Waals surface area (Å²) < 4.78 is 33.6. The Morgan fingerprint density at radius 3 is 1.21 bits per heavy atom. The van der Waals surface area contributed by atoms with Crippen LogP contribution >= 0.6 is 7.82 Å². The highest BCUT2D eigenvalue weighted by Crippen LogP contribution is 2.43. The van der Waals surface area contributed by atoms with Gasteiger partial charge in [-0.05, 0) is 77.0 Å². The van der Waals surface area contributed by atoms with Crippen molar-refractivity contribution in [2.45, 2.75) is 270 Å². The molecule has 0 spiro atoms. The zero-order valence-corrected chi connectivity index (χ0v) is 43.8. The van der Waals surface area contributed by atoms with Gasteiger partial charge in [0, 0.05) is 13.0 Å². The van der Waals surface area contributed by atoms with Crippen molar-refractivity contribution in [3.05, 3.63) is 48.6 Å². The van der Waals surface area contributed by atoms with E-state index in [0.717, 1.165) is 51.4 Å². The van der Waals surface area contributed by atoms with Gasteiger partial charge in [-0.3, -0.25) is 13.8 Å². The highest BCUT2D eigenvalue weighted by molar-refractivity contribution is 7.47. The smallest absolute Gasteiger partial charge is 0.457 e. The van der Waals surface area contributed by atoms with Crippen molar-refractivity contribution in [3.63, 3.8) is 0 Å². The van der Waals surface area contributed by atoms with Crippen molar-refractivity contribution in [1.29, 1.82) is 0 Å². The molecule has 0 amide bonds. The number of unbranched alkanes of at least 4 members (excludes halogenated alkanes) is 31. The van der Waals surface area contributed by atoms with Gasteiger partial charge in [0.2, 0.25) is 0 Å². The first-order valence-corrected chi connectivity index (χ1v) is 29.1. The van der Waals surface area contributed by atoms with Crippen molar-refractivity contribution in [2.75, 3.05) is 33.0 Å². The van der Waals surface area contributed by atoms with Gasteiger partial charge in [-0.2, -0.15) is 0 Å². The number of aliphatic hydroxyl groups is 2. The van der Waals surface area contributed by atoms with Crippen LogP contribution in [0.15, 0.2) is 48.6 Å². The molecule has 3 atom stereocenters. The highest BCUT2D eigenvalue weighted by atomic mass is 31.2. The van der Waals surface area contributed by atoms with Gasteiger partial charge in [-0.15, -0.1) is 0 Å². The highest BCUT2D eigenvalue weighted by Gasteiger charge is 2.26. The molecule has 0 saturated carbocycles. The van der Waals surface area contributed by atoms with Gasteiger partial charge in [0.1, 0.15) is 12.2 Å². The van der Waals surface area contributed by atoms with Crippen molar-refractivity contribution >= 4 is 13.8 Å². The first-order valence-electron chi connectivity index (χ1n) is 27.6. The van der Waals surface area contributed by atoms with Crippen molar-refractivity contribution in [3.8, 4) is 0 Å². The van der Waals surface area contributed by atoms with E-state index in [1.54, 1.807) is 0 Å². The molecule has 10 heteroatoms. The number of phosphoric acid groups is 1. The second-order valence-corrected chi connectivity index (χ2v) is 20.1. The number of ether oxygens (including phenoxy) is 2. The lowest BCUT2D eigenvalue weighted by Gasteiger charge is -2.20. The Labute approximate surface area is 407 Å². The van der Waals surface area contributed by atoms with E-state index in [0.29, 0.717) is 6.61 Å². The molecule has 0 aliphatic rings. The van der Waals surface area contributed by atoms with Crippen LogP contribution in [0.5, 0.6) is 0 Å². The third-order valence-electron chi connectivity index (χ3n) is 12.0. The number of rotatable bonds is 53. The minimum atomic E-state index is -4.53. The minimum absolute atomic E-state index is 0.0470. The molecule has 0 aliphatic carbocycles. The Kier molecular flexibility index (Phi) is 51.5. The molecule has 388 valence electrons. The SMILES string of the molecule is CCCCCCC/C=C\C/C=C\CCCCCCCCCCCCCC(=O)OC(COCCCCCCCCCCCC/C=C\C/C=C\CCCCCCC)COP(=O)(O)OCC(O)CO. The molecule has 3 unspecified atom stereocenters. The van der Waals surface area contributed by atoms with E-state index in [9.17, 15) is 19.4 Å². The fourth-order valence-electron chi connectivity index (χ4n) is 7.77. The van der Waals surface area contributed by atoms with Crippen molar-refractivity contribution in [2.24, 2.45) is 0 Å². The summed E-state index contributed by atoms with van der Waals surface area (Å²) in [5.41, 5.74) is 0. The van der Waals surface area contributed by atoms with Crippen LogP contribution in [0.25, 0.3) is 0 Å². The summed E-state index contributed by atoms with van der Waals surface area (Å²) in [5, 5.41) is 18.4. The first-order chi connectivity index (χ1) is 32.3. The number of aliphatic hydroxyl groups excluding tert-OH is 2. The van der Waals surface area contributed by atoms with E-state index in [1.807, 2.05) is 0 Å². The lowest BCUT2D eigenvalue weighted by atomic mass is 10.0. The molecule has 66 heavy (non-hydrogen) atoms. The monoisotopic (exact) mass is 953 g/mol. The predicted molar refractivity (Wildman–Crippen MR) is 279 cm³/mol. The maximum Gasteiger partial charge on any atom is 0.472 e. The lowest BCUT2D eigenvalue weighted by molar-refractivity contribution is -0.154. The number of esters is 1. The average molecular weight is 953 g/mol. The van der Waals surface area contributed by atoms with E-state index in [1.165, 1.54) is 186 Å². The van der Waals surface area contributed by atoms with Gasteiger partial charge in [-0.25, -0.2) is 4.57 Å². The van der Waals surface area contributed by atoms with Gasteiger partial charge in [0.25, 0.3) is 0 Å². The summed E-state index contributed by atoms with van der Waals surface area (Å²) in [6.45, 7) is 3.53. The molecule has 3 N–H and O–H groups in total. The van der Waals surface area contributed by atoms with Crippen LogP contribution in [-0.2, 0) is 27.9 Å². The number of carbonyl (C=O) groups is 1. The Balaban J connectivity index is 4.04. The molecule has 0 aromatic heterocycles. The number of carbonyl (C=O) groups excluding carboxylic acids is 1. The quantitative estimate of drug-likeness (QED) is 0.0236. The normalized spacial score (nSPS) is 14.1. The van der Waals surface area contributed by atoms with Crippen LogP contribution in [0.2, 0.25) is 0 Å². The van der Waals surface area contributed by atoms with Crippen LogP contribution < -0.4 is 0 Å². The summed E-state index contributed by atoms with van der Waals surface area (Å²) in [7, 11) is -4.53. The molecular formula is C56H105O9P. The summed E-state index contributed by atoms with van der Waals surface area (Å²) in [6, 6.07) is 0. The summed E-state index contributed by atoms with van der Waals surface area (Å²) in [4.78, 5) is 22.7. The van der Waals surface area contributed by atoms with Gasteiger partial charge >= 0.3 is 13.8 Å². The second-order valence-electron chi connectivity index (χ2n) is 18.6. The van der Waals surface area contributed by atoms with Crippen LogP contribution in [-0.4, -0.2) is 66.3 Å². The van der Waals surface area contributed by atoms with E-state index in [-0.39, 0.29) is 25.6 Å². The van der Waals surface area contributed by atoms with Gasteiger partial charge < -0.3 is 24.6 Å². The average Bonchev–Trinajstić information content (AvgIpc) is 3.31. The van der Waals surface area contributed by atoms with Crippen LogP contribution in [0.4, 0.5) is 0 Å². The molecule has 0 saturated heterocycles. The van der Waals surface area contributed by atoms with Gasteiger partial charge in [0.05, 0.1) is 26.4 Å². The molecule has 0 heterocycles. The maximum atomic E-state index is 12.7. The fourth-order valence-corrected chi connectivity index (χ4v) is 8.56. The number of allylic oxidation sites excluding steroid dienone is 8. The Bertz CT molecular complexity index is 1170. The molecule has 0 aliphatic heterocycles. The standard InChI is InChI=1S/C56H105O9P/c1-3-5-7-9-11-13-15-17-19-21-23-25-27-28-30-32-34-36-38-40-42-44-46-48-56(59)65-55(53-64-66(60,61)63-51-54(58)50-57)52-62-49-47-45-43-41-39-37-35-33-31-29-26-24-22-20-18-16-14-12-10-8-6-4-2/h15-18,21-24,54-55,57-58H,3-14,19-20,25-53H2,1-2H3,(H,60,61)/b17-15-,18-16-,23-21-,24-22-. The van der Waals surface area contributed by atoms with E-state index >= 15 is 0 Å². The molecule has 0 rings (SSSR count). The van der Waals surface area contributed by atoms with E-state index in [2.05, 4.69) is 62.5 Å². The van der Waals surface area contributed by atoms with Crippen LogP contribution in [0, 0.1) is 0 Å². The third-order valence-corrected chi connectivity index (χ3v) is 12.9. The zero-order chi connectivity index (χ0) is 48.1.